The molecule has 1 heterocycles. The van der Waals surface area contributed by atoms with E-state index in [1.165, 1.54) is 5.56 Å². The van der Waals surface area contributed by atoms with Gasteiger partial charge in [-0.2, -0.15) is 0 Å². The Labute approximate surface area is 206 Å². The number of nitrogens with zero attached hydrogens (tertiary/aromatic N) is 1. The first-order valence-electron chi connectivity index (χ1n) is 11.6. The molecular weight excluding hydrogens is 444 g/mol. The van der Waals surface area contributed by atoms with E-state index in [0.717, 1.165) is 36.4 Å². The van der Waals surface area contributed by atoms with Crippen LogP contribution in [0.2, 0.25) is 0 Å². The number of carbonyl (C=O) groups excluding carboxylic acids is 1. The van der Waals surface area contributed by atoms with Crippen LogP contribution in [0.3, 0.4) is 0 Å². The molecule has 0 unspecified atom stereocenters. The maximum Gasteiger partial charge on any atom is 0.251 e. The van der Waals surface area contributed by atoms with Gasteiger partial charge in [-0.25, -0.2) is 0 Å². The highest BCUT2D eigenvalue weighted by atomic mass is 16.5. The molecule has 3 aromatic carbocycles. The molecule has 0 aliphatic carbocycles. The SMILES string of the molecule is COc1ccc(C(=O)NC[C@@H]2c3cc(OC)c(OC)cc3CCN2Cc2cccc(OC)c2)cc1. The first-order chi connectivity index (χ1) is 17.1. The fourth-order valence-electron chi connectivity index (χ4n) is 4.55. The van der Waals surface area contributed by atoms with E-state index in [2.05, 4.69) is 28.4 Å². The van der Waals surface area contributed by atoms with Gasteiger partial charge in [0.05, 0.1) is 34.5 Å². The number of fused-ring (bicyclic) bond motifs is 1. The van der Waals surface area contributed by atoms with Gasteiger partial charge in [-0.05, 0) is 71.6 Å². The van der Waals surface area contributed by atoms with Crippen LogP contribution in [0.25, 0.3) is 0 Å². The summed E-state index contributed by atoms with van der Waals surface area (Å²) >= 11 is 0. The monoisotopic (exact) mass is 476 g/mol. The number of rotatable bonds is 9. The number of ether oxygens (including phenoxy) is 4. The van der Waals surface area contributed by atoms with E-state index in [-0.39, 0.29) is 11.9 Å². The standard InChI is InChI=1S/C28H32N2O5/c1-32-22-10-8-20(9-11-22)28(31)29-17-25-24-16-27(35-4)26(34-3)15-21(24)12-13-30(25)18-19-6-5-7-23(14-19)33-2/h5-11,14-16,25H,12-13,17-18H2,1-4H3,(H,29,31)/t25-/m1/s1. The Kier molecular flexibility index (Phi) is 7.77. The van der Waals surface area contributed by atoms with Crippen LogP contribution in [0.1, 0.15) is 33.1 Å². The Balaban J connectivity index is 1.61. The second-order valence-corrected chi connectivity index (χ2v) is 8.43. The third-order valence-electron chi connectivity index (χ3n) is 6.44. The van der Waals surface area contributed by atoms with Crippen molar-refractivity contribution in [1.82, 2.24) is 10.2 Å². The van der Waals surface area contributed by atoms with Crippen LogP contribution >= 0.6 is 0 Å². The fraction of sp³-hybridized carbons (Fsp3) is 0.321. The zero-order chi connectivity index (χ0) is 24.8. The smallest absolute Gasteiger partial charge is 0.251 e. The molecule has 35 heavy (non-hydrogen) atoms. The third kappa shape index (κ3) is 5.52. The van der Waals surface area contributed by atoms with E-state index in [4.69, 9.17) is 18.9 Å². The molecule has 0 spiro atoms. The van der Waals surface area contributed by atoms with Crippen LogP contribution in [0, 0.1) is 0 Å². The maximum atomic E-state index is 12.9. The Morgan fingerprint density at radius 1 is 0.886 bits per heavy atom. The minimum absolute atomic E-state index is 0.0352. The predicted octanol–water partition coefficient (Wildman–Crippen LogP) is 4.25. The molecule has 184 valence electrons. The van der Waals surface area contributed by atoms with E-state index in [1.54, 1.807) is 52.7 Å². The normalized spacial score (nSPS) is 15.1. The van der Waals surface area contributed by atoms with Gasteiger partial charge < -0.3 is 24.3 Å². The molecule has 4 rings (SSSR count). The van der Waals surface area contributed by atoms with E-state index >= 15 is 0 Å². The second-order valence-electron chi connectivity index (χ2n) is 8.43. The summed E-state index contributed by atoms with van der Waals surface area (Å²) in [6.45, 7) is 2.04. The summed E-state index contributed by atoms with van der Waals surface area (Å²) in [7, 11) is 6.57. The molecule has 1 N–H and O–H groups in total. The average molecular weight is 477 g/mol. The largest absolute Gasteiger partial charge is 0.497 e. The van der Waals surface area contributed by atoms with Gasteiger partial charge in [-0.3, -0.25) is 9.69 Å². The summed E-state index contributed by atoms with van der Waals surface area (Å²) in [6, 6.07) is 19.3. The topological polar surface area (TPSA) is 69.3 Å². The fourth-order valence-corrected chi connectivity index (χ4v) is 4.55. The Hall–Kier alpha value is -3.71. The minimum Gasteiger partial charge on any atom is -0.497 e. The highest BCUT2D eigenvalue weighted by molar-refractivity contribution is 5.94. The summed E-state index contributed by atoms with van der Waals surface area (Å²) in [4.78, 5) is 15.3. The summed E-state index contributed by atoms with van der Waals surface area (Å²) < 4.78 is 21.7. The first-order valence-corrected chi connectivity index (χ1v) is 11.6. The van der Waals surface area contributed by atoms with Gasteiger partial charge in [0.15, 0.2) is 11.5 Å². The molecule has 1 aliphatic rings. The van der Waals surface area contributed by atoms with Gasteiger partial charge in [-0.15, -0.1) is 0 Å². The zero-order valence-electron chi connectivity index (χ0n) is 20.7. The van der Waals surface area contributed by atoms with E-state index in [0.29, 0.717) is 29.4 Å². The zero-order valence-corrected chi connectivity index (χ0v) is 20.7. The Morgan fingerprint density at radius 3 is 2.29 bits per heavy atom. The van der Waals surface area contributed by atoms with Crippen molar-refractivity contribution in [1.29, 1.82) is 0 Å². The molecule has 3 aromatic rings. The number of methoxy groups -OCH3 is 4. The van der Waals surface area contributed by atoms with Crippen LogP contribution in [0.4, 0.5) is 0 Å². The van der Waals surface area contributed by atoms with Crippen LogP contribution in [-0.2, 0) is 13.0 Å². The van der Waals surface area contributed by atoms with Gasteiger partial charge in [0.2, 0.25) is 0 Å². The lowest BCUT2D eigenvalue weighted by Gasteiger charge is -2.38. The lowest BCUT2D eigenvalue weighted by Crippen LogP contribution is -2.41. The van der Waals surface area contributed by atoms with Gasteiger partial charge in [0.1, 0.15) is 11.5 Å². The molecule has 0 radical (unpaired) electrons. The molecule has 0 saturated heterocycles. The molecule has 0 saturated carbocycles. The average Bonchev–Trinajstić information content (AvgIpc) is 2.91. The van der Waals surface area contributed by atoms with E-state index in [1.807, 2.05) is 18.2 Å². The van der Waals surface area contributed by atoms with E-state index in [9.17, 15) is 4.79 Å². The Bertz CT molecular complexity index is 1160. The van der Waals surface area contributed by atoms with E-state index < -0.39 is 0 Å². The molecule has 1 atom stereocenters. The third-order valence-corrected chi connectivity index (χ3v) is 6.44. The van der Waals surface area contributed by atoms with Crippen molar-refractivity contribution in [3.8, 4) is 23.0 Å². The highest BCUT2D eigenvalue weighted by Crippen LogP contribution is 2.38. The number of carbonyl (C=O) groups is 1. The van der Waals surface area contributed by atoms with Gasteiger partial charge in [0, 0.05) is 25.2 Å². The first kappa shape index (κ1) is 24.4. The van der Waals surface area contributed by atoms with Crippen molar-refractivity contribution in [3.05, 3.63) is 82.9 Å². The quantitative estimate of drug-likeness (QED) is 0.498. The van der Waals surface area contributed by atoms with Crippen molar-refractivity contribution in [3.63, 3.8) is 0 Å². The molecular formula is C28H32N2O5. The molecule has 0 fully saturated rings. The van der Waals surface area contributed by atoms with Crippen LogP contribution in [0.15, 0.2) is 60.7 Å². The number of nitrogens with one attached hydrogen (secondary N) is 1. The number of hydrogen-bond acceptors (Lipinski definition) is 6. The van der Waals surface area contributed by atoms with Crippen molar-refractivity contribution >= 4 is 5.91 Å². The number of benzene rings is 3. The van der Waals surface area contributed by atoms with Crippen molar-refractivity contribution in [2.45, 2.75) is 19.0 Å². The number of amides is 1. The van der Waals surface area contributed by atoms with Crippen LogP contribution in [0.5, 0.6) is 23.0 Å². The summed E-state index contributed by atoms with van der Waals surface area (Å²) in [5.41, 5.74) is 4.08. The Morgan fingerprint density at radius 2 is 1.60 bits per heavy atom. The molecule has 1 amide bonds. The highest BCUT2D eigenvalue weighted by Gasteiger charge is 2.29. The lowest BCUT2D eigenvalue weighted by atomic mass is 9.91. The maximum absolute atomic E-state index is 12.9. The number of hydrogen-bond donors (Lipinski definition) is 1. The van der Waals surface area contributed by atoms with Gasteiger partial charge in [-0.1, -0.05) is 12.1 Å². The van der Waals surface area contributed by atoms with Gasteiger partial charge in [0.25, 0.3) is 5.91 Å². The molecule has 1 aliphatic heterocycles. The van der Waals surface area contributed by atoms with Crippen molar-refractivity contribution in [2.24, 2.45) is 0 Å². The minimum atomic E-state index is -0.124. The summed E-state index contributed by atoms with van der Waals surface area (Å²) in [5, 5.41) is 3.13. The van der Waals surface area contributed by atoms with Gasteiger partial charge >= 0.3 is 0 Å². The van der Waals surface area contributed by atoms with Crippen LogP contribution < -0.4 is 24.3 Å². The summed E-state index contributed by atoms with van der Waals surface area (Å²) in [6.07, 6.45) is 0.878. The second kappa shape index (κ2) is 11.1. The van der Waals surface area contributed by atoms with Crippen molar-refractivity contribution in [2.75, 3.05) is 41.5 Å². The molecule has 7 nitrogen and oxygen atoms in total. The molecule has 0 bridgehead atoms. The summed E-state index contributed by atoms with van der Waals surface area (Å²) in [5.74, 6) is 2.82. The molecule has 0 aromatic heterocycles. The lowest BCUT2D eigenvalue weighted by molar-refractivity contribution is 0.0925. The predicted molar refractivity (Wildman–Crippen MR) is 135 cm³/mol. The van der Waals surface area contributed by atoms with Crippen molar-refractivity contribution < 1.29 is 23.7 Å². The van der Waals surface area contributed by atoms with Crippen LogP contribution in [-0.4, -0.2) is 52.3 Å². The molecule has 7 heteroatoms.